The summed E-state index contributed by atoms with van der Waals surface area (Å²) >= 11 is 0. The Morgan fingerprint density at radius 3 is 1.60 bits per heavy atom. The van der Waals surface area contributed by atoms with Crippen molar-refractivity contribution < 1.29 is 0 Å². The molecule has 3 heterocycles. The van der Waals surface area contributed by atoms with Crippen LogP contribution in [0, 0.1) is 0 Å². The van der Waals surface area contributed by atoms with Crippen molar-refractivity contribution in [2.45, 2.75) is 0 Å². The molecule has 0 atom stereocenters. The van der Waals surface area contributed by atoms with E-state index in [1.54, 1.807) is 0 Å². The second-order valence-corrected chi connectivity index (χ2v) is 12.6. The molecule has 0 aliphatic carbocycles. The van der Waals surface area contributed by atoms with Gasteiger partial charge in [-0.2, -0.15) is 0 Å². The predicted molar refractivity (Wildman–Crippen MR) is 207 cm³/mol. The van der Waals surface area contributed by atoms with Crippen LogP contribution in [0.4, 0.5) is 0 Å². The molecule has 4 heteroatoms. The maximum absolute atomic E-state index is 5.44. The van der Waals surface area contributed by atoms with Gasteiger partial charge in [-0.05, 0) is 40.4 Å². The number of rotatable bonds is 4. The van der Waals surface area contributed by atoms with Crippen molar-refractivity contribution in [3.63, 3.8) is 0 Å². The summed E-state index contributed by atoms with van der Waals surface area (Å²) in [5, 5.41) is 8.98. The molecule has 0 fully saturated rings. The van der Waals surface area contributed by atoms with E-state index in [9.17, 15) is 0 Å². The van der Waals surface area contributed by atoms with Crippen LogP contribution in [0.15, 0.2) is 170 Å². The Balaban J connectivity index is 1.29. The highest BCUT2D eigenvalue weighted by Crippen LogP contribution is 2.44. The molecule has 0 saturated heterocycles. The number of fused-ring (bicyclic) bond motifs is 9. The average Bonchev–Trinajstić information content (AvgIpc) is 3.20. The molecular weight excluding hydrogens is 609 g/mol. The molecule has 4 nitrogen and oxygen atoms in total. The van der Waals surface area contributed by atoms with Gasteiger partial charge in [0.25, 0.3) is 0 Å². The first kappa shape index (κ1) is 28.3. The van der Waals surface area contributed by atoms with E-state index >= 15 is 0 Å². The van der Waals surface area contributed by atoms with Gasteiger partial charge < -0.3 is 0 Å². The van der Waals surface area contributed by atoms with Gasteiger partial charge in [0.2, 0.25) is 0 Å². The molecule has 0 amide bonds. The second-order valence-electron chi connectivity index (χ2n) is 12.6. The SMILES string of the molecule is c1ccc(-c2cc(-c3ccccc3)nc(-c3ccc(-c4nc5ccccc5c5c6cccnc6c6ccccc6c45)c4ccccc34)n2)cc1. The minimum atomic E-state index is 0.687. The molecule has 7 aromatic carbocycles. The molecule has 0 aliphatic heterocycles. The molecule has 0 saturated carbocycles. The fourth-order valence-electron chi connectivity index (χ4n) is 7.46. The summed E-state index contributed by atoms with van der Waals surface area (Å²) < 4.78 is 0. The molecule has 0 spiro atoms. The molecule has 0 bridgehead atoms. The molecule has 0 radical (unpaired) electrons. The van der Waals surface area contributed by atoms with Gasteiger partial charge in [-0.25, -0.2) is 15.0 Å². The van der Waals surface area contributed by atoms with Gasteiger partial charge in [-0.15, -0.1) is 0 Å². The fraction of sp³-hybridized carbons (Fsp3) is 0. The van der Waals surface area contributed by atoms with E-state index in [1.165, 1.54) is 5.39 Å². The van der Waals surface area contributed by atoms with E-state index in [0.29, 0.717) is 5.82 Å². The lowest BCUT2D eigenvalue weighted by atomic mass is 9.89. The van der Waals surface area contributed by atoms with Gasteiger partial charge in [-0.3, -0.25) is 4.98 Å². The number of nitrogens with zero attached hydrogens (tertiary/aromatic N) is 4. The Kier molecular flexibility index (Phi) is 6.46. The van der Waals surface area contributed by atoms with Crippen molar-refractivity contribution in [3.05, 3.63) is 170 Å². The molecule has 10 aromatic rings. The third kappa shape index (κ3) is 4.46. The summed E-state index contributed by atoms with van der Waals surface area (Å²) in [7, 11) is 0. The Bertz CT molecular complexity index is 2860. The number of pyridine rings is 2. The average molecular weight is 637 g/mol. The topological polar surface area (TPSA) is 51.6 Å². The largest absolute Gasteiger partial charge is 0.256 e. The quantitative estimate of drug-likeness (QED) is 0.180. The smallest absolute Gasteiger partial charge is 0.161 e. The van der Waals surface area contributed by atoms with Gasteiger partial charge in [0.1, 0.15) is 0 Å². The third-order valence-electron chi connectivity index (χ3n) is 9.71. The Morgan fingerprint density at radius 2 is 0.900 bits per heavy atom. The van der Waals surface area contributed by atoms with Crippen LogP contribution < -0.4 is 0 Å². The van der Waals surface area contributed by atoms with Gasteiger partial charge in [0, 0.05) is 55.4 Å². The maximum Gasteiger partial charge on any atom is 0.161 e. The Morgan fingerprint density at radius 1 is 0.360 bits per heavy atom. The molecule has 232 valence electrons. The van der Waals surface area contributed by atoms with E-state index in [2.05, 4.69) is 121 Å². The number of hydrogen-bond donors (Lipinski definition) is 0. The molecule has 3 aromatic heterocycles. The van der Waals surface area contributed by atoms with Gasteiger partial charge in [-0.1, -0.05) is 140 Å². The summed E-state index contributed by atoms with van der Waals surface area (Å²) in [6.07, 6.45) is 1.88. The molecule has 0 unspecified atom stereocenters. The lowest BCUT2D eigenvalue weighted by Gasteiger charge is -2.18. The molecular formula is C46H28N4. The summed E-state index contributed by atoms with van der Waals surface area (Å²) in [5.41, 5.74) is 8.82. The second kappa shape index (κ2) is 11.4. The highest BCUT2D eigenvalue weighted by molar-refractivity contribution is 6.33. The first-order valence-electron chi connectivity index (χ1n) is 16.8. The first-order valence-corrected chi connectivity index (χ1v) is 16.8. The van der Waals surface area contributed by atoms with Crippen LogP contribution in [0.3, 0.4) is 0 Å². The van der Waals surface area contributed by atoms with Crippen molar-refractivity contribution in [1.82, 2.24) is 19.9 Å². The lowest BCUT2D eigenvalue weighted by Crippen LogP contribution is -1.98. The predicted octanol–water partition coefficient (Wildman–Crippen LogP) is 11.7. The highest BCUT2D eigenvalue weighted by Gasteiger charge is 2.21. The number of aromatic nitrogens is 4. The van der Waals surface area contributed by atoms with Crippen LogP contribution in [-0.2, 0) is 0 Å². The van der Waals surface area contributed by atoms with E-state index in [-0.39, 0.29) is 0 Å². The van der Waals surface area contributed by atoms with Crippen molar-refractivity contribution in [2.75, 3.05) is 0 Å². The van der Waals surface area contributed by atoms with E-state index in [0.717, 1.165) is 88.1 Å². The number of para-hydroxylation sites is 1. The van der Waals surface area contributed by atoms with Crippen LogP contribution in [0.2, 0.25) is 0 Å². The van der Waals surface area contributed by atoms with Gasteiger partial charge in [0.15, 0.2) is 5.82 Å². The highest BCUT2D eigenvalue weighted by atomic mass is 14.9. The minimum absolute atomic E-state index is 0.687. The third-order valence-corrected chi connectivity index (χ3v) is 9.71. The number of benzene rings is 7. The first-order chi connectivity index (χ1) is 24.8. The summed E-state index contributed by atoms with van der Waals surface area (Å²) in [4.78, 5) is 20.7. The molecule has 0 N–H and O–H groups in total. The zero-order chi connectivity index (χ0) is 33.0. The van der Waals surface area contributed by atoms with Crippen LogP contribution >= 0.6 is 0 Å². The van der Waals surface area contributed by atoms with Crippen molar-refractivity contribution in [3.8, 4) is 45.2 Å². The van der Waals surface area contributed by atoms with Crippen molar-refractivity contribution >= 4 is 54.1 Å². The van der Waals surface area contributed by atoms with E-state index < -0.39 is 0 Å². The maximum atomic E-state index is 5.44. The zero-order valence-corrected chi connectivity index (χ0v) is 27.0. The van der Waals surface area contributed by atoms with Gasteiger partial charge in [0.05, 0.1) is 28.1 Å². The van der Waals surface area contributed by atoms with E-state index in [1.807, 2.05) is 48.7 Å². The Hall–Kier alpha value is -6.78. The summed E-state index contributed by atoms with van der Waals surface area (Å²) in [6, 6.07) is 56.9. The number of hydrogen-bond acceptors (Lipinski definition) is 4. The van der Waals surface area contributed by atoms with Gasteiger partial charge >= 0.3 is 0 Å². The standard InChI is InChI=1S/C46H28N4/c1-3-14-29(15-4-1)40-28-41(30-16-5-2-6-17-30)50-46(49-40)36-26-25-35(31-18-7-8-19-32(31)36)45-43-33-20-9-10-21-34(33)44-38(23-13-27-47-44)42(43)37-22-11-12-24-39(37)48-45/h1-28H. The molecule has 0 aliphatic rings. The van der Waals surface area contributed by atoms with E-state index in [4.69, 9.17) is 19.9 Å². The van der Waals surface area contributed by atoms with Crippen LogP contribution in [-0.4, -0.2) is 19.9 Å². The summed E-state index contributed by atoms with van der Waals surface area (Å²) in [6.45, 7) is 0. The van der Waals surface area contributed by atoms with Crippen LogP contribution in [0.5, 0.6) is 0 Å². The lowest BCUT2D eigenvalue weighted by molar-refractivity contribution is 1.19. The fourth-order valence-corrected chi connectivity index (χ4v) is 7.46. The summed E-state index contributed by atoms with van der Waals surface area (Å²) in [5.74, 6) is 0.687. The normalized spacial score (nSPS) is 11.6. The Labute approximate surface area is 288 Å². The molecule has 10 rings (SSSR count). The van der Waals surface area contributed by atoms with Crippen LogP contribution in [0.1, 0.15) is 0 Å². The minimum Gasteiger partial charge on any atom is -0.256 e. The van der Waals surface area contributed by atoms with Crippen LogP contribution in [0.25, 0.3) is 99.3 Å². The monoisotopic (exact) mass is 636 g/mol. The zero-order valence-electron chi connectivity index (χ0n) is 27.0. The van der Waals surface area contributed by atoms with Crippen molar-refractivity contribution in [2.24, 2.45) is 0 Å². The molecule has 50 heavy (non-hydrogen) atoms. The van der Waals surface area contributed by atoms with Crippen molar-refractivity contribution in [1.29, 1.82) is 0 Å².